The normalized spacial score (nSPS) is 16.9. The number of carbonyl (C=O) groups excluding carboxylic acids is 1. The molecular weight excluding hydrogens is 248 g/mol. The largest absolute Gasteiger partial charge is 0.480 e. The van der Waals surface area contributed by atoms with E-state index in [1.54, 1.807) is 16.8 Å². The van der Waals surface area contributed by atoms with Crippen molar-refractivity contribution < 1.29 is 19.4 Å². The Morgan fingerprint density at radius 3 is 2.53 bits per heavy atom. The quantitative estimate of drug-likeness (QED) is 0.711. The third kappa shape index (κ3) is 4.70. The van der Waals surface area contributed by atoms with E-state index in [9.17, 15) is 9.59 Å². The van der Waals surface area contributed by atoms with E-state index in [1.165, 1.54) is 0 Å². The predicted molar refractivity (Wildman–Crippen MR) is 71.1 cm³/mol. The van der Waals surface area contributed by atoms with Crippen molar-refractivity contribution in [2.75, 3.05) is 33.3 Å². The van der Waals surface area contributed by atoms with Crippen molar-refractivity contribution in [3.05, 3.63) is 0 Å². The molecule has 0 atom stereocenters. The van der Waals surface area contributed by atoms with Gasteiger partial charge in [-0.15, -0.1) is 0 Å². The minimum absolute atomic E-state index is 0.00694. The average Bonchev–Trinajstić information content (AvgIpc) is 2.32. The molecule has 0 aromatic heterocycles. The lowest BCUT2D eigenvalue weighted by Gasteiger charge is -2.48. The lowest BCUT2D eigenvalue weighted by atomic mass is 9.97. The van der Waals surface area contributed by atoms with Gasteiger partial charge in [-0.3, -0.25) is 0 Å². The van der Waals surface area contributed by atoms with E-state index < -0.39 is 11.6 Å². The fourth-order valence-corrected chi connectivity index (χ4v) is 2.16. The number of urea groups is 1. The molecule has 1 aliphatic rings. The SMILES string of the molecule is CCCCCN(C)C(=O)N1CC(C)(OCC(=O)O)C1. The maximum absolute atomic E-state index is 12.0. The van der Waals surface area contributed by atoms with Crippen LogP contribution in [0.15, 0.2) is 0 Å². The minimum atomic E-state index is -0.984. The molecule has 0 aromatic rings. The molecule has 2 amide bonds. The predicted octanol–water partition coefficient (Wildman–Crippen LogP) is 1.40. The number of hydrogen-bond acceptors (Lipinski definition) is 3. The van der Waals surface area contributed by atoms with E-state index >= 15 is 0 Å². The van der Waals surface area contributed by atoms with E-state index in [-0.39, 0.29) is 12.6 Å². The number of amides is 2. The van der Waals surface area contributed by atoms with Gasteiger partial charge in [0.05, 0.1) is 13.1 Å². The number of ether oxygens (including phenoxy) is 1. The zero-order chi connectivity index (χ0) is 14.5. The van der Waals surface area contributed by atoms with Crippen molar-refractivity contribution in [2.24, 2.45) is 0 Å². The summed E-state index contributed by atoms with van der Waals surface area (Å²) in [6.07, 6.45) is 3.27. The number of aliphatic carboxylic acids is 1. The topological polar surface area (TPSA) is 70.1 Å². The van der Waals surface area contributed by atoms with Crippen LogP contribution in [0.3, 0.4) is 0 Å². The van der Waals surface area contributed by atoms with Gasteiger partial charge in [-0.2, -0.15) is 0 Å². The summed E-state index contributed by atoms with van der Waals surface area (Å²) >= 11 is 0. The van der Waals surface area contributed by atoms with Crippen LogP contribution in [-0.4, -0.2) is 65.8 Å². The van der Waals surface area contributed by atoms with Crippen LogP contribution in [0.4, 0.5) is 4.79 Å². The first-order valence-electron chi connectivity index (χ1n) is 6.74. The summed E-state index contributed by atoms with van der Waals surface area (Å²) in [5.74, 6) is -0.984. The first-order valence-corrected chi connectivity index (χ1v) is 6.74. The number of nitrogens with zero attached hydrogens (tertiary/aromatic N) is 2. The highest BCUT2D eigenvalue weighted by Crippen LogP contribution is 2.25. The maximum atomic E-state index is 12.0. The van der Waals surface area contributed by atoms with Crippen molar-refractivity contribution in [1.82, 2.24) is 9.80 Å². The van der Waals surface area contributed by atoms with Crippen LogP contribution in [0.1, 0.15) is 33.1 Å². The molecule has 110 valence electrons. The summed E-state index contributed by atoms with van der Waals surface area (Å²) in [7, 11) is 1.80. The Hall–Kier alpha value is -1.30. The summed E-state index contributed by atoms with van der Waals surface area (Å²) in [6, 6.07) is -0.00694. The van der Waals surface area contributed by atoms with E-state index in [2.05, 4.69) is 6.92 Å². The molecule has 6 nitrogen and oxygen atoms in total. The molecule has 1 N–H and O–H groups in total. The number of hydrogen-bond donors (Lipinski definition) is 1. The van der Waals surface area contributed by atoms with Gasteiger partial charge in [0.15, 0.2) is 0 Å². The van der Waals surface area contributed by atoms with Crippen LogP contribution in [0.5, 0.6) is 0 Å². The molecule has 0 saturated carbocycles. The Balaban J connectivity index is 2.28. The number of carboxylic acids is 1. The molecule has 1 heterocycles. The van der Waals surface area contributed by atoms with Crippen LogP contribution in [-0.2, 0) is 9.53 Å². The second kappa shape index (κ2) is 6.75. The molecule has 1 rings (SSSR count). The lowest BCUT2D eigenvalue weighted by molar-refractivity contribution is -0.160. The molecule has 0 bridgehead atoms. The Bertz CT molecular complexity index is 327. The molecule has 6 heteroatoms. The van der Waals surface area contributed by atoms with Gasteiger partial charge in [-0.25, -0.2) is 9.59 Å². The highest BCUT2D eigenvalue weighted by Gasteiger charge is 2.43. The van der Waals surface area contributed by atoms with Crippen molar-refractivity contribution in [3.8, 4) is 0 Å². The fraction of sp³-hybridized carbons (Fsp3) is 0.846. The minimum Gasteiger partial charge on any atom is -0.480 e. The molecule has 0 radical (unpaired) electrons. The Labute approximate surface area is 114 Å². The standard InChI is InChI=1S/C13H24N2O4/c1-4-5-6-7-14(3)12(18)15-9-13(2,10-15)19-8-11(16)17/h4-10H2,1-3H3,(H,16,17). The number of carbonyl (C=O) groups is 2. The van der Waals surface area contributed by atoms with E-state index in [0.717, 1.165) is 25.8 Å². The monoisotopic (exact) mass is 272 g/mol. The van der Waals surface area contributed by atoms with Gasteiger partial charge < -0.3 is 19.6 Å². The smallest absolute Gasteiger partial charge is 0.329 e. The summed E-state index contributed by atoms with van der Waals surface area (Å²) in [5.41, 5.74) is -0.516. The Morgan fingerprint density at radius 2 is 2.00 bits per heavy atom. The zero-order valence-corrected chi connectivity index (χ0v) is 12.0. The van der Waals surface area contributed by atoms with Crippen LogP contribution in [0.25, 0.3) is 0 Å². The van der Waals surface area contributed by atoms with E-state index in [0.29, 0.717) is 13.1 Å². The van der Waals surface area contributed by atoms with Crippen molar-refractivity contribution in [3.63, 3.8) is 0 Å². The molecule has 0 unspecified atom stereocenters. The third-order valence-electron chi connectivity index (χ3n) is 3.29. The summed E-state index contributed by atoms with van der Waals surface area (Å²) in [5, 5.41) is 8.57. The molecule has 1 saturated heterocycles. The zero-order valence-electron chi connectivity index (χ0n) is 12.0. The second-order valence-electron chi connectivity index (χ2n) is 5.40. The van der Waals surface area contributed by atoms with Crippen LogP contribution in [0, 0.1) is 0 Å². The molecule has 1 aliphatic heterocycles. The van der Waals surface area contributed by atoms with E-state index in [1.807, 2.05) is 6.92 Å². The molecule has 1 fully saturated rings. The average molecular weight is 272 g/mol. The van der Waals surface area contributed by atoms with Gasteiger partial charge in [0, 0.05) is 13.6 Å². The highest BCUT2D eigenvalue weighted by atomic mass is 16.5. The number of carboxylic acid groups (broad SMARTS) is 1. The summed E-state index contributed by atoms with van der Waals surface area (Å²) < 4.78 is 5.27. The molecule has 0 spiro atoms. The van der Waals surface area contributed by atoms with Gasteiger partial charge in [0.2, 0.25) is 0 Å². The van der Waals surface area contributed by atoms with E-state index in [4.69, 9.17) is 9.84 Å². The number of unbranched alkanes of at least 4 members (excludes halogenated alkanes) is 2. The van der Waals surface area contributed by atoms with Crippen molar-refractivity contribution >= 4 is 12.0 Å². The van der Waals surface area contributed by atoms with Gasteiger partial charge >= 0.3 is 12.0 Å². The number of likely N-dealkylation sites (tertiary alicyclic amines) is 1. The summed E-state index contributed by atoms with van der Waals surface area (Å²) in [6.45, 7) is 5.31. The molecule has 0 aromatic carbocycles. The van der Waals surface area contributed by atoms with Crippen LogP contribution >= 0.6 is 0 Å². The second-order valence-corrected chi connectivity index (χ2v) is 5.40. The van der Waals surface area contributed by atoms with Gasteiger partial charge in [-0.05, 0) is 13.3 Å². The first kappa shape index (κ1) is 15.8. The molecule has 19 heavy (non-hydrogen) atoms. The number of rotatable bonds is 7. The fourth-order valence-electron chi connectivity index (χ4n) is 2.16. The Kier molecular flexibility index (Phi) is 5.60. The third-order valence-corrected chi connectivity index (χ3v) is 3.29. The lowest BCUT2D eigenvalue weighted by Crippen LogP contribution is -2.65. The van der Waals surface area contributed by atoms with Gasteiger partial charge in [0.1, 0.15) is 12.2 Å². The van der Waals surface area contributed by atoms with Crippen LogP contribution < -0.4 is 0 Å². The molecular formula is C13H24N2O4. The van der Waals surface area contributed by atoms with Gasteiger partial charge in [-0.1, -0.05) is 19.8 Å². The van der Waals surface area contributed by atoms with Crippen molar-refractivity contribution in [1.29, 1.82) is 0 Å². The summed E-state index contributed by atoms with van der Waals surface area (Å²) in [4.78, 5) is 25.9. The maximum Gasteiger partial charge on any atom is 0.329 e. The Morgan fingerprint density at radius 1 is 1.37 bits per heavy atom. The first-order chi connectivity index (χ1) is 8.88. The van der Waals surface area contributed by atoms with Crippen LogP contribution in [0.2, 0.25) is 0 Å². The molecule has 0 aliphatic carbocycles. The highest BCUT2D eigenvalue weighted by molar-refractivity contribution is 5.75. The van der Waals surface area contributed by atoms with Crippen molar-refractivity contribution in [2.45, 2.75) is 38.7 Å². The van der Waals surface area contributed by atoms with Gasteiger partial charge in [0.25, 0.3) is 0 Å².